The standard InChI is InChI=1S/C19H23NO/c1-14(2)21-18-10-8-15(9-11-18)13-17-6-3-5-16-7-4-12-20-19(16)17/h3,5-6,8-11,14,20H,4,7,12-13H2,1-2H3. The second-order valence-corrected chi connectivity index (χ2v) is 5.97. The van der Waals surface area contributed by atoms with Crippen molar-refractivity contribution in [3.63, 3.8) is 0 Å². The summed E-state index contributed by atoms with van der Waals surface area (Å²) in [4.78, 5) is 0. The third-order valence-corrected chi connectivity index (χ3v) is 3.85. The van der Waals surface area contributed by atoms with E-state index in [0.29, 0.717) is 0 Å². The molecule has 0 radical (unpaired) electrons. The number of hydrogen-bond acceptors (Lipinski definition) is 2. The molecule has 3 rings (SSSR count). The van der Waals surface area contributed by atoms with Gasteiger partial charge in [0.1, 0.15) is 5.75 Å². The summed E-state index contributed by atoms with van der Waals surface area (Å²) in [6.45, 7) is 5.19. The number of fused-ring (bicyclic) bond motifs is 1. The largest absolute Gasteiger partial charge is 0.491 e. The zero-order valence-electron chi connectivity index (χ0n) is 12.9. The normalized spacial score (nSPS) is 13.7. The second kappa shape index (κ2) is 6.21. The second-order valence-electron chi connectivity index (χ2n) is 5.97. The zero-order chi connectivity index (χ0) is 14.7. The fourth-order valence-corrected chi connectivity index (χ4v) is 2.91. The van der Waals surface area contributed by atoms with Crippen molar-refractivity contribution in [2.24, 2.45) is 0 Å². The maximum Gasteiger partial charge on any atom is 0.119 e. The van der Waals surface area contributed by atoms with Crippen LogP contribution in [0.25, 0.3) is 0 Å². The molecule has 0 fully saturated rings. The van der Waals surface area contributed by atoms with E-state index in [9.17, 15) is 0 Å². The molecule has 2 aromatic rings. The fraction of sp³-hybridized carbons (Fsp3) is 0.368. The van der Waals surface area contributed by atoms with Crippen LogP contribution < -0.4 is 10.1 Å². The lowest BCUT2D eigenvalue weighted by atomic mass is 9.95. The zero-order valence-corrected chi connectivity index (χ0v) is 12.9. The summed E-state index contributed by atoms with van der Waals surface area (Å²) in [6.07, 6.45) is 3.62. The topological polar surface area (TPSA) is 21.3 Å². The molecule has 0 atom stereocenters. The number of nitrogens with one attached hydrogen (secondary N) is 1. The van der Waals surface area contributed by atoms with E-state index < -0.39 is 0 Å². The Morgan fingerprint density at radius 3 is 2.67 bits per heavy atom. The number of benzene rings is 2. The first-order valence-corrected chi connectivity index (χ1v) is 7.82. The molecule has 0 unspecified atom stereocenters. The van der Waals surface area contributed by atoms with Gasteiger partial charge in [0.15, 0.2) is 0 Å². The SMILES string of the molecule is CC(C)Oc1ccc(Cc2cccc3c2NCCC3)cc1. The summed E-state index contributed by atoms with van der Waals surface area (Å²) < 4.78 is 5.70. The van der Waals surface area contributed by atoms with Crippen molar-refractivity contribution in [2.75, 3.05) is 11.9 Å². The van der Waals surface area contributed by atoms with Gasteiger partial charge in [-0.05, 0) is 61.9 Å². The third kappa shape index (κ3) is 3.38. The summed E-state index contributed by atoms with van der Waals surface area (Å²) in [5, 5.41) is 3.56. The van der Waals surface area contributed by atoms with Crippen molar-refractivity contribution in [1.29, 1.82) is 0 Å². The lowest BCUT2D eigenvalue weighted by Gasteiger charge is -2.21. The first kappa shape index (κ1) is 14.0. The Hall–Kier alpha value is -1.96. The van der Waals surface area contributed by atoms with Crippen molar-refractivity contribution >= 4 is 5.69 Å². The minimum Gasteiger partial charge on any atom is -0.491 e. The molecule has 0 aromatic heterocycles. The highest BCUT2D eigenvalue weighted by molar-refractivity contribution is 5.60. The molecule has 0 saturated carbocycles. The van der Waals surface area contributed by atoms with Gasteiger partial charge in [-0.15, -0.1) is 0 Å². The molecule has 1 aliphatic rings. The van der Waals surface area contributed by atoms with Gasteiger partial charge in [0, 0.05) is 12.2 Å². The molecule has 0 saturated heterocycles. The minimum atomic E-state index is 0.223. The van der Waals surface area contributed by atoms with Crippen LogP contribution in [0.15, 0.2) is 42.5 Å². The van der Waals surface area contributed by atoms with E-state index >= 15 is 0 Å². The maximum atomic E-state index is 5.70. The first-order valence-electron chi connectivity index (χ1n) is 7.82. The number of aryl methyl sites for hydroxylation is 1. The van der Waals surface area contributed by atoms with E-state index in [2.05, 4.69) is 61.6 Å². The average Bonchev–Trinajstić information content (AvgIpc) is 2.49. The molecule has 110 valence electrons. The first-order chi connectivity index (χ1) is 10.2. The van der Waals surface area contributed by atoms with Gasteiger partial charge in [-0.3, -0.25) is 0 Å². The Kier molecular flexibility index (Phi) is 4.14. The number of ether oxygens (including phenoxy) is 1. The van der Waals surface area contributed by atoms with E-state index in [4.69, 9.17) is 4.74 Å². The van der Waals surface area contributed by atoms with Crippen LogP contribution in [0, 0.1) is 0 Å². The molecule has 0 spiro atoms. The Labute approximate surface area is 127 Å². The Morgan fingerprint density at radius 2 is 1.90 bits per heavy atom. The van der Waals surface area contributed by atoms with E-state index in [0.717, 1.165) is 18.7 Å². The number of para-hydroxylation sites is 1. The number of hydrogen-bond donors (Lipinski definition) is 1. The molecule has 2 heteroatoms. The summed E-state index contributed by atoms with van der Waals surface area (Å²) in [5.41, 5.74) is 5.53. The fourth-order valence-electron chi connectivity index (χ4n) is 2.91. The third-order valence-electron chi connectivity index (χ3n) is 3.85. The number of anilines is 1. The predicted molar refractivity (Wildman–Crippen MR) is 88.3 cm³/mol. The Bertz CT molecular complexity index is 601. The van der Waals surface area contributed by atoms with Crippen molar-refractivity contribution in [3.05, 3.63) is 59.2 Å². The van der Waals surface area contributed by atoms with Crippen LogP contribution in [0.4, 0.5) is 5.69 Å². The van der Waals surface area contributed by atoms with Gasteiger partial charge < -0.3 is 10.1 Å². The molecule has 0 aliphatic carbocycles. The Balaban J connectivity index is 1.77. The van der Waals surface area contributed by atoms with Crippen molar-refractivity contribution < 1.29 is 4.74 Å². The quantitative estimate of drug-likeness (QED) is 0.895. The van der Waals surface area contributed by atoms with Gasteiger partial charge in [-0.25, -0.2) is 0 Å². The van der Waals surface area contributed by atoms with E-state index in [1.807, 2.05) is 0 Å². The highest BCUT2D eigenvalue weighted by atomic mass is 16.5. The van der Waals surface area contributed by atoms with Gasteiger partial charge in [-0.2, -0.15) is 0 Å². The molecule has 1 N–H and O–H groups in total. The number of rotatable bonds is 4. The van der Waals surface area contributed by atoms with Crippen molar-refractivity contribution in [2.45, 2.75) is 39.2 Å². The van der Waals surface area contributed by atoms with E-state index in [-0.39, 0.29) is 6.10 Å². The van der Waals surface area contributed by atoms with Gasteiger partial charge >= 0.3 is 0 Å². The van der Waals surface area contributed by atoms with E-state index in [1.54, 1.807) is 0 Å². The molecular formula is C19H23NO. The van der Waals surface area contributed by atoms with Crippen LogP contribution in [0.5, 0.6) is 5.75 Å². The van der Waals surface area contributed by atoms with Crippen LogP contribution in [0.2, 0.25) is 0 Å². The highest BCUT2D eigenvalue weighted by Gasteiger charge is 2.12. The average molecular weight is 281 g/mol. The lowest BCUT2D eigenvalue weighted by molar-refractivity contribution is 0.242. The summed E-state index contributed by atoms with van der Waals surface area (Å²) >= 11 is 0. The van der Waals surface area contributed by atoms with Crippen LogP contribution >= 0.6 is 0 Å². The van der Waals surface area contributed by atoms with Gasteiger partial charge in [0.25, 0.3) is 0 Å². The van der Waals surface area contributed by atoms with Crippen molar-refractivity contribution in [3.8, 4) is 5.75 Å². The van der Waals surface area contributed by atoms with Crippen LogP contribution in [-0.2, 0) is 12.8 Å². The van der Waals surface area contributed by atoms with Crippen LogP contribution in [0.3, 0.4) is 0 Å². The summed E-state index contributed by atoms with van der Waals surface area (Å²) in [7, 11) is 0. The van der Waals surface area contributed by atoms with Gasteiger partial charge in [-0.1, -0.05) is 30.3 Å². The summed E-state index contributed by atoms with van der Waals surface area (Å²) in [6, 6.07) is 15.1. The maximum absolute atomic E-state index is 5.70. The predicted octanol–water partition coefficient (Wildman–Crippen LogP) is 4.42. The van der Waals surface area contributed by atoms with Gasteiger partial charge in [0.2, 0.25) is 0 Å². The van der Waals surface area contributed by atoms with Crippen LogP contribution in [-0.4, -0.2) is 12.6 Å². The molecule has 1 aliphatic heterocycles. The summed E-state index contributed by atoms with van der Waals surface area (Å²) in [5.74, 6) is 0.946. The molecule has 0 amide bonds. The van der Waals surface area contributed by atoms with Crippen molar-refractivity contribution in [1.82, 2.24) is 0 Å². The smallest absolute Gasteiger partial charge is 0.119 e. The molecular weight excluding hydrogens is 258 g/mol. The monoisotopic (exact) mass is 281 g/mol. The molecule has 1 heterocycles. The Morgan fingerprint density at radius 1 is 1.10 bits per heavy atom. The van der Waals surface area contributed by atoms with E-state index in [1.165, 1.54) is 35.2 Å². The lowest BCUT2D eigenvalue weighted by Crippen LogP contribution is -2.13. The van der Waals surface area contributed by atoms with Crippen LogP contribution in [0.1, 0.15) is 37.0 Å². The highest BCUT2D eigenvalue weighted by Crippen LogP contribution is 2.28. The molecule has 2 nitrogen and oxygen atoms in total. The molecule has 21 heavy (non-hydrogen) atoms. The molecule has 0 bridgehead atoms. The molecule has 2 aromatic carbocycles. The van der Waals surface area contributed by atoms with Gasteiger partial charge in [0.05, 0.1) is 6.10 Å². The minimum absolute atomic E-state index is 0.223.